The summed E-state index contributed by atoms with van der Waals surface area (Å²) in [6, 6.07) is 0. The zero-order valence-electron chi connectivity index (χ0n) is 10.6. The van der Waals surface area contributed by atoms with Gasteiger partial charge in [-0.2, -0.15) is 0 Å². The Morgan fingerprint density at radius 3 is 2.76 bits per heavy atom. The van der Waals surface area contributed by atoms with Gasteiger partial charge in [-0.3, -0.25) is 0 Å². The monoisotopic (exact) mass is 241 g/mol. The highest BCUT2D eigenvalue weighted by Gasteiger charge is 2.19. The Morgan fingerprint density at radius 2 is 2.18 bits per heavy atom. The van der Waals surface area contributed by atoms with Gasteiger partial charge in [-0.05, 0) is 6.42 Å². The van der Waals surface area contributed by atoms with Crippen molar-refractivity contribution >= 4 is 5.97 Å². The number of hydrogen-bond acceptors (Lipinski definition) is 5. The Labute approximate surface area is 101 Å². The van der Waals surface area contributed by atoms with Crippen LogP contribution in [-0.2, 0) is 22.4 Å². The Morgan fingerprint density at radius 1 is 1.41 bits per heavy atom. The van der Waals surface area contributed by atoms with Crippen molar-refractivity contribution in [2.45, 2.75) is 32.7 Å². The van der Waals surface area contributed by atoms with E-state index in [9.17, 15) is 4.79 Å². The van der Waals surface area contributed by atoms with Gasteiger partial charge in [-0.1, -0.05) is 18.6 Å². The fraction of sp³-hybridized carbons (Fsp3) is 0.727. The van der Waals surface area contributed by atoms with Gasteiger partial charge in [0.25, 0.3) is 0 Å². The molecular weight excluding hydrogens is 222 g/mol. The molecule has 1 aromatic rings. The highest BCUT2D eigenvalue weighted by atomic mass is 16.5. The van der Waals surface area contributed by atoms with E-state index in [0.29, 0.717) is 18.7 Å². The van der Waals surface area contributed by atoms with Gasteiger partial charge in [0.05, 0.1) is 19.4 Å². The normalized spacial score (nSPS) is 10.5. The van der Waals surface area contributed by atoms with Gasteiger partial charge in [0.2, 0.25) is 0 Å². The molecule has 6 heteroatoms. The lowest BCUT2D eigenvalue weighted by molar-refractivity contribution is 0.0592. The van der Waals surface area contributed by atoms with Crippen molar-refractivity contribution in [3.63, 3.8) is 0 Å². The lowest BCUT2D eigenvalue weighted by Crippen LogP contribution is -2.12. The maximum Gasteiger partial charge on any atom is 0.360 e. The molecule has 0 spiro atoms. The van der Waals surface area contributed by atoms with Crippen LogP contribution in [0.15, 0.2) is 0 Å². The van der Waals surface area contributed by atoms with E-state index in [1.807, 2.05) is 0 Å². The van der Waals surface area contributed by atoms with E-state index in [2.05, 4.69) is 22.0 Å². The van der Waals surface area contributed by atoms with Crippen molar-refractivity contribution in [2.24, 2.45) is 0 Å². The summed E-state index contributed by atoms with van der Waals surface area (Å²) < 4.78 is 11.5. The SMILES string of the molecule is CCCCn1nnc(C(=O)OC)c1CCOC. The van der Waals surface area contributed by atoms with E-state index in [-0.39, 0.29) is 0 Å². The van der Waals surface area contributed by atoms with Crippen LogP contribution in [0.4, 0.5) is 0 Å². The van der Waals surface area contributed by atoms with Crippen LogP contribution in [0.1, 0.15) is 35.9 Å². The molecular formula is C11H19N3O3. The number of nitrogens with zero attached hydrogens (tertiary/aromatic N) is 3. The minimum atomic E-state index is -0.446. The summed E-state index contributed by atoms with van der Waals surface area (Å²) >= 11 is 0. The first kappa shape index (κ1) is 13.6. The van der Waals surface area contributed by atoms with Crippen LogP contribution < -0.4 is 0 Å². The molecule has 0 fully saturated rings. The third kappa shape index (κ3) is 3.52. The molecule has 0 amide bonds. The third-order valence-electron chi connectivity index (χ3n) is 2.48. The highest BCUT2D eigenvalue weighted by Crippen LogP contribution is 2.09. The minimum Gasteiger partial charge on any atom is -0.464 e. The van der Waals surface area contributed by atoms with Crippen molar-refractivity contribution in [1.82, 2.24) is 15.0 Å². The van der Waals surface area contributed by atoms with Crippen LogP contribution in [0, 0.1) is 0 Å². The standard InChI is InChI=1S/C11H19N3O3/c1-4-5-7-14-9(6-8-16-2)10(12-13-14)11(15)17-3/h4-8H2,1-3H3. The molecule has 0 radical (unpaired) electrons. The summed E-state index contributed by atoms with van der Waals surface area (Å²) in [4.78, 5) is 11.5. The molecule has 0 bridgehead atoms. The first-order valence-corrected chi connectivity index (χ1v) is 5.74. The lowest BCUT2D eigenvalue weighted by Gasteiger charge is -2.06. The first-order valence-electron chi connectivity index (χ1n) is 5.74. The Hall–Kier alpha value is -1.43. The lowest BCUT2D eigenvalue weighted by atomic mass is 10.2. The number of aryl methyl sites for hydroxylation is 1. The predicted octanol–water partition coefficient (Wildman–Crippen LogP) is 1.05. The smallest absolute Gasteiger partial charge is 0.360 e. The van der Waals surface area contributed by atoms with E-state index in [4.69, 9.17) is 4.74 Å². The van der Waals surface area contributed by atoms with Crippen molar-refractivity contribution in [2.75, 3.05) is 20.8 Å². The maximum absolute atomic E-state index is 11.5. The molecule has 0 saturated heterocycles. The van der Waals surface area contributed by atoms with Crippen molar-refractivity contribution in [3.05, 3.63) is 11.4 Å². The van der Waals surface area contributed by atoms with Crippen LogP contribution >= 0.6 is 0 Å². The second-order valence-corrected chi connectivity index (χ2v) is 3.70. The Balaban J connectivity index is 2.88. The summed E-state index contributed by atoms with van der Waals surface area (Å²) in [5.74, 6) is -0.446. The third-order valence-corrected chi connectivity index (χ3v) is 2.48. The molecule has 6 nitrogen and oxygen atoms in total. The number of ether oxygens (including phenoxy) is 2. The molecule has 0 atom stereocenters. The average Bonchev–Trinajstić information content (AvgIpc) is 2.75. The molecule has 0 aliphatic heterocycles. The summed E-state index contributed by atoms with van der Waals surface area (Å²) in [7, 11) is 2.96. The molecule has 0 N–H and O–H groups in total. The molecule has 0 aliphatic rings. The van der Waals surface area contributed by atoms with Crippen LogP contribution in [0.3, 0.4) is 0 Å². The van der Waals surface area contributed by atoms with Gasteiger partial charge >= 0.3 is 5.97 Å². The summed E-state index contributed by atoms with van der Waals surface area (Å²) in [6.45, 7) is 3.40. The molecule has 0 aromatic carbocycles. The zero-order chi connectivity index (χ0) is 12.7. The largest absolute Gasteiger partial charge is 0.464 e. The van der Waals surface area contributed by atoms with Crippen LogP contribution in [-0.4, -0.2) is 41.8 Å². The number of carbonyl (C=O) groups is 1. The minimum absolute atomic E-state index is 0.292. The Bertz CT molecular complexity index is 363. The molecule has 17 heavy (non-hydrogen) atoms. The van der Waals surface area contributed by atoms with Crippen molar-refractivity contribution in [3.8, 4) is 0 Å². The fourth-order valence-electron chi connectivity index (χ4n) is 1.52. The van der Waals surface area contributed by atoms with E-state index >= 15 is 0 Å². The number of esters is 1. The number of rotatable bonds is 7. The van der Waals surface area contributed by atoms with Gasteiger partial charge in [-0.15, -0.1) is 5.10 Å². The molecule has 1 rings (SSSR count). The zero-order valence-corrected chi connectivity index (χ0v) is 10.6. The van der Waals surface area contributed by atoms with Crippen LogP contribution in [0.25, 0.3) is 0 Å². The van der Waals surface area contributed by atoms with Crippen molar-refractivity contribution in [1.29, 1.82) is 0 Å². The van der Waals surface area contributed by atoms with Crippen molar-refractivity contribution < 1.29 is 14.3 Å². The number of aromatic nitrogens is 3. The molecule has 96 valence electrons. The predicted molar refractivity (Wildman–Crippen MR) is 61.8 cm³/mol. The van der Waals surface area contributed by atoms with E-state index < -0.39 is 5.97 Å². The summed E-state index contributed by atoms with van der Waals surface area (Å²) in [5.41, 5.74) is 1.08. The maximum atomic E-state index is 11.5. The number of hydrogen-bond donors (Lipinski definition) is 0. The topological polar surface area (TPSA) is 66.2 Å². The van der Waals surface area contributed by atoms with Gasteiger partial charge in [-0.25, -0.2) is 9.48 Å². The van der Waals surface area contributed by atoms with Gasteiger partial charge < -0.3 is 9.47 Å². The van der Waals surface area contributed by atoms with E-state index in [1.165, 1.54) is 7.11 Å². The van der Waals surface area contributed by atoms with Crippen LogP contribution in [0.2, 0.25) is 0 Å². The molecule has 1 aromatic heterocycles. The van der Waals surface area contributed by atoms with E-state index in [1.54, 1.807) is 11.8 Å². The highest BCUT2D eigenvalue weighted by molar-refractivity contribution is 5.88. The second kappa shape index (κ2) is 7.01. The van der Waals surface area contributed by atoms with Gasteiger partial charge in [0, 0.05) is 20.1 Å². The number of unbranched alkanes of at least 4 members (excludes halogenated alkanes) is 1. The fourth-order valence-corrected chi connectivity index (χ4v) is 1.52. The second-order valence-electron chi connectivity index (χ2n) is 3.70. The summed E-state index contributed by atoms with van der Waals surface area (Å²) in [5, 5.41) is 7.86. The molecule has 0 unspecified atom stereocenters. The first-order chi connectivity index (χ1) is 8.24. The van der Waals surface area contributed by atoms with Gasteiger partial charge in [0.1, 0.15) is 0 Å². The number of methoxy groups -OCH3 is 2. The summed E-state index contributed by atoms with van der Waals surface area (Å²) in [6.07, 6.45) is 2.68. The molecule has 1 heterocycles. The number of carbonyl (C=O) groups excluding carboxylic acids is 1. The van der Waals surface area contributed by atoms with Crippen LogP contribution in [0.5, 0.6) is 0 Å². The average molecular weight is 241 g/mol. The molecule has 0 saturated carbocycles. The Kier molecular flexibility index (Phi) is 5.62. The molecule has 0 aliphatic carbocycles. The quantitative estimate of drug-likeness (QED) is 0.668. The van der Waals surface area contributed by atoms with Gasteiger partial charge in [0.15, 0.2) is 5.69 Å². The van der Waals surface area contributed by atoms with E-state index in [0.717, 1.165) is 25.1 Å².